The van der Waals surface area contributed by atoms with Gasteiger partial charge in [-0.2, -0.15) is 4.68 Å². The van der Waals surface area contributed by atoms with Crippen molar-refractivity contribution in [2.75, 3.05) is 18.9 Å². The van der Waals surface area contributed by atoms with Crippen LogP contribution in [0.15, 0.2) is 58.2 Å². The van der Waals surface area contributed by atoms with Crippen molar-refractivity contribution in [1.29, 1.82) is 0 Å². The number of aromatic nitrogens is 4. The molecule has 0 atom stereocenters. The lowest BCUT2D eigenvalue weighted by Crippen LogP contribution is -2.17. The number of nitrogens with one attached hydrogen (secondary N) is 1. The Morgan fingerprint density at radius 2 is 2.00 bits per heavy atom. The molecule has 1 aromatic heterocycles. The molecule has 1 N–H and O–H groups in total. The third kappa shape index (κ3) is 6.21. The second-order valence-corrected chi connectivity index (χ2v) is 7.40. The maximum Gasteiger partial charge on any atom is 0.214 e. The molecule has 144 valence electrons. The van der Waals surface area contributed by atoms with Crippen molar-refractivity contribution in [1.82, 2.24) is 25.5 Å². The Labute approximate surface area is 177 Å². The SMILES string of the molecule is CCOc1ccc(Br)cc1CNCCSc1nnnn1-c1ccccc1.Cl. The number of para-hydroxylation sites is 1. The standard InChI is InChI=1S/C18H20BrN5OS.ClH/c1-2-25-17-9-8-15(19)12-14(17)13-20-10-11-26-18-21-22-23-24(18)16-6-4-3-5-7-16;/h3-9,12,20H,2,10-11,13H2,1H3;1H. The van der Waals surface area contributed by atoms with Crippen molar-refractivity contribution in [3.05, 3.63) is 58.6 Å². The minimum absolute atomic E-state index is 0. The minimum Gasteiger partial charge on any atom is -0.494 e. The van der Waals surface area contributed by atoms with Gasteiger partial charge >= 0.3 is 0 Å². The van der Waals surface area contributed by atoms with Crippen LogP contribution in [0, 0.1) is 0 Å². The molecule has 0 unspecified atom stereocenters. The fraction of sp³-hybridized carbons (Fsp3) is 0.278. The van der Waals surface area contributed by atoms with Crippen LogP contribution in [0.3, 0.4) is 0 Å². The predicted molar refractivity (Wildman–Crippen MR) is 114 cm³/mol. The topological polar surface area (TPSA) is 64.9 Å². The van der Waals surface area contributed by atoms with E-state index in [-0.39, 0.29) is 12.4 Å². The number of nitrogens with zero attached hydrogens (tertiary/aromatic N) is 4. The van der Waals surface area contributed by atoms with E-state index in [0.717, 1.165) is 45.5 Å². The van der Waals surface area contributed by atoms with Crippen LogP contribution >= 0.6 is 40.1 Å². The Morgan fingerprint density at radius 1 is 1.19 bits per heavy atom. The van der Waals surface area contributed by atoms with Gasteiger partial charge in [-0.1, -0.05) is 45.9 Å². The van der Waals surface area contributed by atoms with E-state index in [2.05, 4.69) is 42.8 Å². The summed E-state index contributed by atoms with van der Waals surface area (Å²) < 4.78 is 8.48. The van der Waals surface area contributed by atoms with E-state index in [4.69, 9.17) is 4.74 Å². The largest absolute Gasteiger partial charge is 0.494 e. The molecule has 0 radical (unpaired) electrons. The van der Waals surface area contributed by atoms with Gasteiger partial charge in [-0.3, -0.25) is 0 Å². The van der Waals surface area contributed by atoms with Crippen molar-refractivity contribution in [3.8, 4) is 11.4 Å². The smallest absolute Gasteiger partial charge is 0.214 e. The fourth-order valence-electron chi connectivity index (χ4n) is 2.42. The van der Waals surface area contributed by atoms with Crippen molar-refractivity contribution < 1.29 is 4.74 Å². The quantitative estimate of drug-likeness (QED) is 0.375. The summed E-state index contributed by atoms with van der Waals surface area (Å²) in [6.45, 7) is 4.24. The molecule has 0 saturated carbocycles. The van der Waals surface area contributed by atoms with Gasteiger partial charge in [0.2, 0.25) is 5.16 Å². The first kappa shape index (κ1) is 21.7. The molecule has 2 aromatic carbocycles. The van der Waals surface area contributed by atoms with Crippen LogP contribution in [-0.2, 0) is 6.54 Å². The van der Waals surface area contributed by atoms with Gasteiger partial charge in [0.25, 0.3) is 0 Å². The van der Waals surface area contributed by atoms with Crippen LogP contribution in [0.1, 0.15) is 12.5 Å². The molecule has 27 heavy (non-hydrogen) atoms. The van der Waals surface area contributed by atoms with E-state index in [1.54, 1.807) is 16.4 Å². The molecule has 0 aliphatic carbocycles. The van der Waals surface area contributed by atoms with Gasteiger partial charge in [-0.15, -0.1) is 17.5 Å². The molecule has 0 spiro atoms. The lowest BCUT2D eigenvalue weighted by molar-refractivity contribution is 0.335. The maximum atomic E-state index is 5.68. The summed E-state index contributed by atoms with van der Waals surface area (Å²) in [4.78, 5) is 0. The van der Waals surface area contributed by atoms with Crippen LogP contribution < -0.4 is 10.1 Å². The van der Waals surface area contributed by atoms with Gasteiger partial charge in [-0.25, -0.2) is 0 Å². The molecule has 0 aliphatic rings. The highest BCUT2D eigenvalue weighted by Crippen LogP contribution is 2.23. The Kier molecular flexibility index (Phi) is 9.06. The molecule has 1 heterocycles. The molecule has 0 aliphatic heterocycles. The van der Waals surface area contributed by atoms with Crippen LogP contribution in [0.4, 0.5) is 0 Å². The van der Waals surface area contributed by atoms with E-state index in [1.807, 2.05) is 49.4 Å². The molecular weight excluding hydrogens is 450 g/mol. The maximum absolute atomic E-state index is 5.68. The first-order valence-corrected chi connectivity index (χ1v) is 10.1. The Balaban J connectivity index is 0.00000261. The van der Waals surface area contributed by atoms with E-state index in [9.17, 15) is 0 Å². The highest BCUT2D eigenvalue weighted by atomic mass is 79.9. The van der Waals surface area contributed by atoms with Gasteiger partial charge in [0.1, 0.15) is 5.75 Å². The monoisotopic (exact) mass is 469 g/mol. The number of benzene rings is 2. The van der Waals surface area contributed by atoms with Crippen molar-refractivity contribution in [2.45, 2.75) is 18.6 Å². The minimum atomic E-state index is 0. The summed E-state index contributed by atoms with van der Waals surface area (Å²) in [6, 6.07) is 16.0. The zero-order valence-electron chi connectivity index (χ0n) is 14.8. The molecule has 9 heteroatoms. The number of ether oxygens (including phenoxy) is 1. The van der Waals surface area contributed by atoms with Gasteiger partial charge in [0.05, 0.1) is 12.3 Å². The van der Waals surface area contributed by atoms with Gasteiger partial charge < -0.3 is 10.1 Å². The molecule has 0 saturated heterocycles. The Hall–Kier alpha value is -1.61. The lowest BCUT2D eigenvalue weighted by atomic mass is 10.2. The van der Waals surface area contributed by atoms with Crippen LogP contribution in [0.2, 0.25) is 0 Å². The summed E-state index contributed by atoms with van der Waals surface area (Å²) in [5.41, 5.74) is 2.10. The van der Waals surface area contributed by atoms with E-state index in [1.165, 1.54) is 0 Å². The lowest BCUT2D eigenvalue weighted by Gasteiger charge is -2.11. The Bertz CT molecular complexity index is 834. The first-order chi connectivity index (χ1) is 12.8. The number of rotatable bonds is 9. The molecule has 0 bridgehead atoms. The van der Waals surface area contributed by atoms with Gasteiger partial charge in [-0.05, 0) is 47.7 Å². The average molecular weight is 471 g/mol. The molecule has 6 nitrogen and oxygen atoms in total. The number of hydrogen-bond donors (Lipinski definition) is 1. The molecule has 3 rings (SSSR count). The molecule has 0 fully saturated rings. The fourth-order valence-corrected chi connectivity index (χ4v) is 3.62. The molecule has 0 amide bonds. The number of thioether (sulfide) groups is 1. The summed E-state index contributed by atoms with van der Waals surface area (Å²) in [5.74, 6) is 1.79. The summed E-state index contributed by atoms with van der Waals surface area (Å²) in [7, 11) is 0. The number of halogens is 2. The first-order valence-electron chi connectivity index (χ1n) is 8.36. The van der Waals surface area contributed by atoms with E-state index < -0.39 is 0 Å². The highest BCUT2D eigenvalue weighted by Gasteiger charge is 2.08. The second-order valence-electron chi connectivity index (χ2n) is 5.42. The molecular formula is C18H21BrClN5OS. The second kappa shape index (κ2) is 11.3. The van der Waals surface area contributed by atoms with Crippen molar-refractivity contribution >= 4 is 40.1 Å². The van der Waals surface area contributed by atoms with Crippen LogP contribution in [-0.4, -0.2) is 39.1 Å². The number of hydrogen-bond acceptors (Lipinski definition) is 6. The normalized spacial score (nSPS) is 10.4. The molecule has 3 aromatic rings. The van der Waals surface area contributed by atoms with E-state index >= 15 is 0 Å². The zero-order valence-corrected chi connectivity index (χ0v) is 18.1. The summed E-state index contributed by atoms with van der Waals surface area (Å²) in [5, 5.41) is 16.2. The zero-order chi connectivity index (χ0) is 18.2. The van der Waals surface area contributed by atoms with Crippen LogP contribution in [0.25, 0.3) is 5.69 Å². The van der Waals surface area contributed by atoms with Crippen molar-refractivity contribution in [2.24, 2.45) is 0 Å². The summed E-state index contributed by atoms with van der Waals surface area (Å²) >= 11 is 5.14. The average Bonchev–Trinajstić information content (AvgIpc) is 3.13. The van der Waals surface area contributed by atoms with E-state index in [0.29, 0.717) is 6.61 Å². The van der Waals surface area contributed by atoms with Crippen molar-refractivity contribution in [3.63, 3.8) is 0 Å². The predicted octanol–water partition coefficient (Wildman–Crippen LogP) is 4.13. The van der Waals surface area contributed by atoms with Gasteiger partial charge in [0.15, 0.2) is 0 Å². The third-order valence-corrected chi connectivity index (χ3v) is 5.00. The third-order valence-electron chi connectivity index (χ3n) is 3.59. The summed E-state index contributed by atoms with van der Waals surface area (Å²) in [6.07, 6.45) is 0. The van der Waals surface area contributed by atoms with Gasteiger partial charge in [0, 0.05) is 28.9 Å². The Morgan fingerprint density at radius 3 is 2.78 bits per heavy atom. The number of tetrazole rings is 1. The highest BCUT2D eigenvalue weighted by molar-refractivity contribution is 9.10. The van der Waals surface area contributed by atoms with Crippen LogP contribution in [0.5, 0.6) is 5.75 Å².